The number of aryl methyl sites for hydroxylation is 1. The number of anilines is 3. The summed E-state index contributed by atoms with van der Waals surface area (Å²) in [6, 6.07) is 7.85. The van der Waals surface area contributed by atoms with E-state index in [1.807, 2.05) is 17.9 Å². The molecule has 1 aromatic heterocycles. The van der Waals surface area contributed by atoms with E-state index in [1.54, 1.807) is 17.0 Å². The molecular formula is C25H31FN6O2. The van der Waals surface area contributed by atoms with E-state index >= 15 is 0 Å². The second-order valence-electron chi connectivity index (χ2n) is 9.41. The van der Waals surface area contributed by atoms with Crippen LogP contribution in [0.25, 0.3) is 0 Å². The summed E-state index contributed by atoms with van der Waals surface area (Å²) in [4.78, 5) is 43.1. The van der Waals surface area contributed by atoms with Gasteiger partial charge in [-0.15, -0.1) is 0 Å². The van der Waals surface area contributed by atoms with Gasteiger partial charge in [0.1, 0.15) is 11.6 Å². The number of benzene rings is 1. The van der Waals surface area contributed by atoms with Crippen molar-refractivity contribution in [2.45, 2.75) is 32.6 Å². The SMILES string of the molecule is Cc1cc(N2CCN(C(=O)C3CC(=O)N(c4ccc(F)cc4)C3)CC2)nc(N2CCCCC2)n1. The van der Waals surface area contributed by atoms with Gasteiger partial charge in [0.15, 0.2) is 0 Å². The van der Waals surface area contributed by atoms with Gasteiger partial charge in [0.2, 0.25) is 17.8 Å². The van der Waals surface area contributed by atoms with Gasteiger partial charge < -0.3 is 19.6 Å². The zero-order chi connectivity index (χ0) is 23.7. The number of nitrogens with zero attached hydrogens (tertiary/aromatic N) is 6. The average molecular weight is 467 g/mol. The lowest BCUT2D eigenvalue weighted by molar-refractivity contribution is -0.136. The fourth-order valence-electron chi connectivity index (χ4n) is 5.09. The third kappa shape index (κ3) is 4.69. The molecule has 3 aliphatic heterocycles. The first-order valence-electron chi connectivity index (χ1n) is 12.2. The number of carbonyl (C=O) groups excluding carboxylic acids is 2. The molecule has 0 saturated carbocycles. The summed E-state index contributed by atoms with van der Waals surface area (Å²) < 4.78 is 13.2. The summed E-state index contributed by atoms with van der Waals surface area (Å²) in [5.41, 5.74) is 1.59. The second-order valence-corrected chi connectivity index (χ2v) is 9.41. The molecule has 5 rings (SSSR count). The summed E-state index contributed by atoms with van der Waals surface area (Å²) in [6.07, 6.45) is 3.81. The van der Waals surface area contributed by atoms with Gasteiger partial charge in [-0.05, 0) is 50.5 Å². The average Bonchev–Trinajstić information content (AvgIpc) is 3.26. The fourth-order valence-corrected chi connectivity index (χ4v) is 5.09. The molecule has 0 spiro atoms. The lowest BCUT2D eigenvalue weighted by Crippen LogP contribution is -2.51. The Morgan fingerprint density at radius 2 is 1.65 bits per heavy atom. The number of amides is 2. The molecule has 1 unspecified atom stereocenters. The predicted molar refractivity (Wildman–Crippen MR) is 128 cm³/mol. The highest BCUT2D eigenvalue weighted by Crippen LogP contribution is 2.27. The topological polar surface area (TPSA) is 72.9 Å². The predicted octanol–water partition coefficient (Wildman–Crippen LogP) is 2.62. The zero-order valence-electron chi connectivity index (χ0n) is 19.6. The van der Waals surface area contributed by atoms with Crippen molar-refractivity contribution in [3.63, 3.8) is 0 Å². The summed E-state index contributed by atoms with van der Waals surface area (Å²) in [5, 5.41) is 0. The first-order chi connectivity index (χ1) is 16.5. The quantitative estimate of drug-likeness (QED) is 0.690. The highest BCUT2D eigenvalue weighted by atomic mass is 19.1. The van der Waals surface area contributed by atoms with Crippen LogP contribution in [0.4, 0.5) is 21.8 Å². The van der Waals surface area contributed by atoms with E-state index in [2.05, 4.69) is 14.8 Å². The second kappa shape index (κ2) is 9.56. The summed E-state index contributed by atoms with van der Waals surface area (Å²) in [6.45, 7) is 6.94. The Morgan fingerprint density at radius 3 is 2.35 bits per heavy atom. The molecule has 3 fully saturated rings. The first-order valence-corrected chi connectivity index (χ1v) is 12.2. The smallest absolute Gasteiger partial charge is 0.228 e. The van der Waals surface area contributed by atoms with E-state index < -0.39 is 0 Å². The van der Waals surface area contributed by atoms with Gasteiger partial charge >= 0.3 is 0 Å². The first kappa shape index (κ1) is 22.6. The Morgan fingerprint density at radius 1 is 0.941 bits per heavy atom. The minimum atomic E-state index is -0.365. The summed E-state index contributed by atoms with van der Waals surface area (Å²) in [5.74, 6) is 0.937. The largest absolute Gasteiger partial charge is 0.353 e. The maximum absolute atomic E-state index is 13.2. The number of piperazine rings is 1. The maximum Gasteiger partial charge on any atom is 0.228 e. The van der Waals surface area contributed by atoms with E-state index in [4.69, 9.17) is 4.98 Å². The van der Waals surface area contributed by atoms with E-state index in [9.17, 15) is 14.0 Å². The fraction of sp³-hybridized carbons (Fsp3) is 0.520. The van der Waals surface area contributed by atoms with E-state index in [-0.39, 0.29) is 30.0 Å². The number of hydrogen-bond donors (Lipinski definition) is 0. The number of aromatic nitrogens is 2. The lowest BCUT2D eigenvalue weighted by Gasteiger charge is -2.37. The molecule has 3 aliphatic rings. The highest BCUT2D eigenvalue weighted by molar-refractivity contribution is 6.00. The van der Waals surface area contributed by atoms with Crippen LogP contribution in [-0.2, 0) is 9.59 Å². The number of piperidine rings is 1. The Balaban J connectivity index is 1.20. The molecule has 4 heterocycles. The van der Waals surface area contributed by atoms with Crippen molar-refractivity contribution in [2.75, 3.05) is 60.5 Å². The van der Waals surface area contributed by atoms with Crippen molar-refractivity contribution in [1.29, 1.82) is 0 Å². The minimum absolute atomic E-state index is 0.0190. The molecule has 2 amide bonds. The number of carbonyl (C=O) groups is 2. The number of halogens is 1. The van der Waals surface area contributed by atoms with Gasteiger partial charge in [-0.1, -0.05) is 0 Å². The Bertz CT molecular complexity index is 1050. The molecule has 34 heavy (non-hydrogen) atoms. The molecule has 9 heteroatoms. The van der Waals surface area contributed by atoms with Crippen LogP contribution in [0.1, 0.15) is 31.4 Å². The van der Waals surface area contributed by atoms with Gasteiger partial charge in [-0.25, -0.2) is 9.37 Å². The van der Waals surface area contributed by atoms with Crippen molar-refractivity contribution in [3.8, 4) is 0 Å². The van der Waals surface area contributed by atoms with Crippen LogP contribution in [-0.4, -0.2) is 72.5 Å². The maximum atomic E-state index is 13.2. The van der Waals surface area contributed by atoms with Gasteiger partial charge in [0.05, 0.1) is 5.92 Å². The zero-order valence-corrected chi connectivity index (χ0v) is 19.6. The summed E-state index contributed by atoms with van der Waals surface area (Å²) in [7, 11) is 0. The van der Waals surface area contributed by atoms with Crippen molar-refractivity contribution >= 4 is 29.3 Å². The molecule has 0 bridgehead atoms. The van der Waals surface area contributed by atoms with E-state index in [1.165, 1.54) is 31.4 Å². The van der Waals surface area contributed by atoms with Crippen LogP contribution >= 0.6 is 0 Å². The molecule has 0 aliphatic carbocycles. The third-order valence-corrected chi connectivity index (χ3v) is 7.00. The molecule has 0 N–H and O–H groups in total. The minimum Gasteiger partial charge on any atom is -0.353 e. The van der Waals surface area contributed by atoms with Crippen molar-refractivity contribution in [3.05, 3.63) is 41.8 Å². The summed E-state index contributed by atoms with van der Waals surface area (Å²) >= 11 is 0. The lowest BCUT2D eigenvalue weighted by atomic mass is 10.1. The number of rotatable bonds is 4. The molecule has 8 nitrogen and oxygen atoms in total. The van der Waals surface area contributed by atoms with Crippen molar-refractivity contribution < 1.29 is 14.0 Å². The van der Waals surface area contributed by atoms with Gasteiger partial charge in [-0.3, -0.25) is 9.59 Å². The van der Waals surface area contributed by atoms with Crippen LogP contribution in [0.2, 0.25) is 0 Å². The monoisotopic (exact) mass is 466 g/mol. The van der Waals surface area contributed by atoms with E-state index in [0.717, 1.165) is 30.5 Å². The van der Waals surface area contributed by atoms with Crippen molar-refractivity contribution in [1.82, 2.24) is 14.9 Å². The normalized spacial score (nSPS) is 21.4. The molecule has 1 atom stereocenters. The molecule has 3 saturated heterocycles. The molecule has 1 aromatic carbocycles. The Labute approximate surface area is 199 Å². The van der Waals surface area contributed by atoms with E-state index in [0.29, 0.717) is 38.4 Å². The van der Waals surface area contributed by atoms with Crippen LogP contribution in [0, 0.1) is 18.7 Å². The standard InChI is InChI=1S/C25H31FN6O2/c1-18-15-22(28-25(27-18)31-9-3-2-4-10-31)29-11-13-30(14-12-29)24(34)19-16-23(33)32(17-19)21-7-5-20(26)6-8-21/h5-8,15,19H,2-4,9-14,16-17H2,1H3. The number of hydrogen-bond acceptors (Lipinski definition) is 6. The van der Waals surface area contributed by atoms with Gasteiger partial charge in [0, 0.05) is 69.7 Å². The Kier molecular flexibility index (Phi) is 6.34. The highest BCUT2D eigenvalue weighted by Gasteiger charge is 2.38. The molecule has 180 valence electrons. The van der Waals surface area contributed by atoms with Crippen LogP contribution in [0.3, 0.4) is 0 Å². The van der Waals surface area contributed by atoms with Gasteiger partial charge in [0.25, 0.3) is 0 Å². The van der Waals surface area contributed by atoms with Gasteiger partial charge in [-0.2, -0.15) is 4.98 Å². The van der Waals surface area contributed by atoms with Crippen LogP contribution < -0.4 is 14.7 Å². The molecular weight excluding hydrogens is 435 g/mol. The van der Waals surface area contributed by atoms with Crippen molar-refractivity contribution in [2.24, 2.45) is 5.92 Å². The third-order valence-electron chi connectivity index (χ3n) is 7.00. The Hall–Kier alpha value is -3.23. The van der Waals surface area contributed by atoms with Crippen LogP contribution in [0.15, 0.2) is 30.3 Å². The molecule has 2 aromatic rings. The molecule has 0 radical (unpaired) electrons. The van der Waals surface area contributed by atoms with Crippen LogP contribution in [0.5, 0.6) is 0 Å².